The highest BCUT2D eigenvalue weighted by Gasteiger charge is 2.41. The Morgan fingerprint density at radius 2 is 1.88 bits per heavy atom. The van der Waals surface area contributed by atoms with Crippen LogP contribution in [0.2, 0.25) is 0 Å². The Labute approximate surface area is 97.0 Å². The Balaban J connectivity index is 2.88. The molecule has 0 aliphatic heterocycles. The molecule has 1 N–H and O–H groups in total. The molecule has 1 aliphatic carbocycles. The average molecular weight is 248 g/mol. The summed E-state index contributed by atoms with van der Waals surface area (Å²) in [5.41, 5.74) is 0. The van der Waals surface area contributed by atoms with Crippen molar-refractivity contribution in [3.8, 4) is 0 Å². The molecular weight excluding hydrogens is 228 g/mol. The molecule has 16 heavy (non-hydrogen) atoms. The molecule has 0 bridgehead atoms. The first-order valence-electron chi connectivity index (χ1n) is 5.65. The monoisotopic (exact) mass is 248 g/mol. The van der Waals surface area contributed by atoms with Gasteiger partial charge < -0.3 is 5.11 Å². The van der Waals surface area contributed by atoms with Crippen LogP contribution in [0.15, 0.2) is 0 Å². The maximum absolute atomic E-state index is 11.5. The van der Waals surface area contributed by atoms with Crippen LogP contribution in [0.25, 0.3) is 0 Å². The Kier molecular flexibility index (Phi) is 3.99. The first-order chi connectivity index (χ1) is 7.23. The van der Waals surface area contributed by atoms with Crippen LogP contribution in [-0.4, -0.2) is 31.0 Å². The van der Waals surface area contributed by atoms with E-state index in [1.165, 1.54) is 0 Å². The van der Waals surface area contributed by atoms with Gasteiger partial charge in [0.05, 0.1) is 11.2 Å². The highest BCUT2D eigenvalue weighted by atomic mass is 32.2. The topological polar surface area (TPSA) is 71.4 Å². The summed E-state index contributed by atoms with van der Waals surface area (Å²) < 4.78 is 23.0. The molecule has 0 aromatic carbocycles. The minimum Gasteiger partial charge on any atom is -0.481 e. The van der Waals surface area contributed by atoms with Crippen LogP contribution in [0.5, 0.6) is 0 Å². The number of hydrogen-bond donors (Lipinski definition) is 1. The lowest BCUT2D eigenvalue weighted by Crippen LogP contribution is -2.40. The molecule has 0 aromatic rings. The van der Waals surface area contributed by atoms with Crippen molar-refractivity contribution in [2.24, 2.45) is 17.8 Å². The molecule has 0 radical (unpaired) electrons. The van der Waals surface area contributed by atoms with Crippen LogP contribution in [0.1, 0.15) is 33.1 Å². The van der Waals surface area contributed by atoms with Crippen molar-refractivity contribution >= 4 is 15.8 Å². The molecule has 0 heterocycles. The van der Waals surface area contributed by atoms with E-state index in [9.17, 15) is 13.2 Å². The van der Waals surface area contributed by atoms with Crippen molar-refractivity contribution in [1.29, 1.82) is 0 Å². The van der Waals surface area contributed by atoms with Crippen molar-refractivity contribution in [1.82, 2.24) is 0 Å². The van der Waals surface area contributed by atoms with Crippen LogP contribution in [-0.2, 0) is 14.6 Å². The standard InChI is InChI=1S/C11H20O4S/c1-7(2)8-4-5-10(16(3,14)15)9(6-8)11(12)13/h7-10H,4-6H2,1-3H3,(H,12,13). The van der Waals surface area contributed by atoms with Gasteiger partial charge in [-0.15, -0.1) is 0 Å². The molecule has 1 fully saturated rings. The smallest absolute Gasteiger partial charge is 0.307 e. The predicted molar refractivity (Wildman–Crippen MR) is 61.9 cm³/mol. The lowest BCUT2D eigenvalue weighted by Gasteiger charge is -2.34. The van der Waals surface area contributed by atoms with Crippen molar-refractivity contribution in [2.75, 3.05) is 6.26 Å². The Morgan fingerprint density at radius 1 is 1.31 bits per heavy atom. The maximum atomic E-state index is 11.5. The molecule has 0 spiro atoms. The summed E-state index contributed by atoms with van der Waals surface area (Å²) in [6.45, 7) is 4.12. The largest absolute Gasteiger partial charge is 0.481 e. The van der Waals surface area contributed by atoms with Gasteiger partial charge in [0.1, 0.15) is 0 Å². The fraction of sp³-hybridized carbons (Fsp3) is 0.909. The highest BCUT2D eigenvalue weighted by Crippen LogP contribution is 2.36. The van der Waals surface area contributed by atoms with Crippen LogP contribution >= 0.6 is 0 Å². The molecule has 4 nitrogen and oxygen atoms in total. The quantitative estimate of drug-likeness (QED) is 0.822. The van der Waals surface area contributed by atoms with Gasteiger partial charge in [0, 0.05) is 6.26 Å². The van der Waals surface area contributed by atoms with E-state index >= 15 is 0 Å². The van der Waals surface area contributed by atoms with E-state index in [1.807, 2.05) is 0 Å². The molecule has 1 aliphatic rings. The van der Waals surface area contributed by atoms with E-state index < -0.39 is 27.0 Å². The number of carboxylic acid groups (broad SMARTS) is 1. The van der Waals surface area contributed by atoms with Gasteiger partial charge in [-0.3, -0.25) is 4.79 Å². The fourth-order valence-electron chi connectivity index (χ4n) is 2.55. The average Bonchev–Trinajstić information content (AvgIpc) is 2.15. The van der Waals surface area contributed by atoms with Crippen LogP contribution in [0.4, 0.5) is 0 Å². The molecule has 1 rings (SSSR count). The summed E-state index contributed by atoms with van der Waals surface area (Å²) >= 11 is 0. The number of hydrogen-bond acceptors (Lipinski definition) is 3. The third kappa shape index (κ3) is 2.97. The number of sulfone groups is 1. The summed E-state index contributed by atoms with van der Waals surface area (Å²) in [5.74, 6) is -0.946. The summed E-state index contributed by atoms with van der Waals surface area (Å²) in [7, 11) is -3.25. The number of carbonyl (C=O) groups is 1. The van der Waals surface area contributed by atoms with Crippen molar-refractivity contribution in [3.63, 3.8) is 0 Å². The maximum Gasteiger partial charge on any atom is 0.307 e. The number of aliphatic carboxylic acids is 1. The fourth-order valence-corrected chi connectivity index (χ4v) is 3.94. The number of rotatable bonds is 3. The molecule has 5 heteroatoms. The van der Waals surface area contributed by atoms with Crippen LogP contribution < -0.4 is 0 Å². The zero-order chi connectivity index (χ0) is 12.5. The van der Waals surface area contributed by atoms with E-state index in [4.69, 9.17) is 5.11 Å². The van der Waals surface area contributed by atoms with Gasteiger partial charge in [0.2, 0.25) is 0 Å². The molecule has 0 amide bonds. The normalized spacial score (nSPS) is 31.6. The van der Waals surface area contributed by atoms with Gasteiger partial charge in [-0.1, -0.05) is 13.8 Å². The van der Waals surface area contributed by atoms with E-state index in [1.54, 1.807) is 0 Å². The Hall–Kier alpha value is -0.580. The van der Waals surface area contributed by atoms with E-state index in [-0.39, 0.29) is 0 Å². The summed E-state index contributed by atoms with van der Waals surface area (Å²) in [4.78, 5) is 11.1. The molecule has 3 unspecified atom stereocenters. The lowest BCUT2D eigenvalue weighted by molar-refractivity contribution is -0.143. The van der Waals surface area contributed by atoms with Gasteiger partial charge >= 0.3 is 5.97 Å². The molecule has 94 valence electrons. The summed E-state index contributed by atoms with van der Waals surface area (Å²) in [6, 6.07) is 0. The second-order valence-electron chi connectivity index (χ2n) is 5.13. The van der Waals surface area contributed by atoms with Gasteiger partial charge in [-0.05, 0) is 31.1 Å². The van der Waals surface area contributed by atoms with Gasteiger partial charge in [-0.2, -0.15) is 0 Å². The first kappa shape index (κ1) is 13.5. The first-order valence-corrected chi connectivity index (χ1v) is 7.60. The van der Waals surface area contributed by atoms with Gasteiger partial charge in [0.15, 0.2) is 9.84 Å². The third-order valence-electron chi connectivity index (χ3n) is 3.64. The van der Waals surface area contributed by atoms with Crippen LogP contribution in [0, 0.1) is 17.8 Å². The summed E-state index contributed by atoms with van der Waals surface area (Å²) in [6.07, 6.45) is 2.94. The zero-order valence-corrected chi connectivity index (χ0v) is 10.8. The lowest BCUT2D eigenvalue weighted by atomic mass is 9.76. The molecule has 0 aromatic heterocycles. The second kappa shape index (κ2) is 4.73. The van der Waals surface area contributed by atoms with Gasteiger partial charge in [0.25, 0.3) is 0 Å². The zero-order valence-electron chi connectivity index (χ0n) is 10.0. The minimum absolute atomic E-state index is 0.332. The Bertz CT molecular complexity index is 358. The highest BCUT2D eigenvalue weighted by molar-refractivity contribution is 7.91. The predicted octanol–water partition coefficient (Wildman–Crippen LogP) is 1.56. The van der Waals surface area contributed by atoms with Crippen molar-refractivity contribution < 1.29 is 18.3 Å². The van der Waals surface area contributed by atoms with Crippen molar-refractivity contribution in [2.45, 2.75) is 38.4 Å². The molecule has 0 saturated heterocycles. The van der Waals surface area contributed by atoms with Crippen LogP contribution in [0.3, 0.4) is 0 Å². The van der Waals surface area contributed by atoms with E-state index in [2.05, 4.69) is 13.8 Å². The van der Waals surface area contributed by atoms with E-state index in [0.29, 0.717) is 24.7 Å². The third-order valence-corrected chi connectivity index (χ3v) is 5.30. The van der Waals surface area contributed by atoms with Gasteiger partial charge in [-0.25, -0.2) is 8.42 Å². The number of carboxylic acids is 1. The molecule has 1 saturated carbocycles. The Morgan fingerprint density at radius 3 is 2.25 bits per heavy atom. The second-order valence-corrected chi connectivity index (χ2v) is 7.39. The molecular formula is C11H20O4S. The van der Waals surface area contributed by atoms with Crippen molar-refractivity contribution in [3.05, 3.63) is 0 Å². The minimum atomic E-state index is -3.25. The van der Waals surface area contributed by atoms with E-state index in [0.717, 1.165) is 12.7 Å². The molecule has 3 atom stereocenters. The summed E-state index contributed by atoms with van der Waals surface area (Å²) in [5, 5.41) is 8.41. The SMILES string of the molecule is CC(C)C1CCC(S(C)(=O)=O)C(C(=O)O)C1.